The maximum absolute atomic E-state index is 12.1. The van der Waals surface area contributed by atoms with Gasteiger partial charge in [0.05, 0.1) is 31.2 Å². The average Bonchev–Trinajstić information content (AvgIpc) is 3.10. The number of nitriles is 1. The average molecular weight is 1160 g/mol. The van der Waals surface area contributed by atoms with Crippen molar-refractivity contribution in [3.63, 3.8) is 0 Å². The summed E-state index contributed by atoms with van der Waals surface area (Å²) in [6.07, 6.45) is 0. The third kappa shape index (κ3) is 26.1. The summed E-state index contributed by atoms with van der Waals surface area (Å²) >= 11 is 6.60. The third-order valence-corrected chi connectivity index (χ3v) is 16.0. The maximum atomic E-state index is 12.1. The molecule has 0 atom stereocenters. The summed E-state index contributed by atoms with van der Waals surface area (Å²) in [5, 5.41) is 8.78. The Morgan fingerprint density at radius 3 is 1.07 bits per heavy atom. The number of aryl methyl sites for hydroxylation is 4. The molecule has 0 heterocycles. The van der Waals surface area contributed by atoms with Crippen LogP contribution in [0.25, 0.3) is 0 Å². The zero-order chi connectivity index (χ0) is 52.9. The lowest BCUT2D eigenvalue weighted by Gasteiger charge is -2.20. The lowest BCUT2D eigenvalue weighted by molar-refractivity contribution is 0.490. The van der Waals surface area contributed by atoms with E-state index < -0.39 is 55.7 Å². The molecule has 0 unspecified atom stereocenters. The molecule has 0 saturated heterocycles. The molecule has 0 radical (unpaired) electrons. The van der Waals surface area contributed by atoms with E-state index in [0.717, 1.165) is 31.2 Å². The van der Waals surface area contributed by atoms with Crippen molar-refractivity contribution in [2.75, 3.05) is 0 Å². The van der Waals surface area contributed by atoms with Crippen molar-refractivity contribution < 1.29 is 33.7 Å². The second kappa shape index (κ2) is 25.4. The number of halogens is 3. The van der Waals surface area contributed by atoms with E-state index in [0.29, 0.717) is 22.6 Å². The van der Waals surface area contributed by atoms with Crippen molar-refractivity contribution in [1.29, 1.82) is 5.26 Å². The summed E-state index contributed by atoms with van der Waals surface area (Å²) < 4.78 is 103. The van der Waals surface area contributed by atoms with Crippen molar-refractivity contribution in [3.05, 3.63) is 115 Å². The molecule has 0 fully saturated rings. The van der Waals surface area contributed by atoms with Crippen LogP contribution in [0.15, 0.2) is 101 Å². The Morgan fingerprint density at radius 2 is 0.806 bits per heavy atom. The minimum absolute atomic E-state index is 0. The third-order valence-electron chi connectivity index (χ3n) is 7.65. The predicted molar refractivity (Wildman–Crippen MR) is 280 cm³/mol. The molecule has 0 aliphatic carbocycles. The van der Waals surface area contributed by atoms with Gasteiger partial charge in [-0.15, -0.1) is 0 Å². The first-order valence-electron chi connectivity index (χ1n) is 20.5. The normalized spacial score (nSPS) is 12.4. The van der Waals surface area contributed by atoms with Crippen LogP contribution in [0.4, 0.5) is 0 Å². The van der Waals surface area contributed by atoms with E-state index >= 15 is 0 Å². The van der Waals surface area contributed by atoms with Gasteiger partial charge >= 0.3 is 0 Å². The fourth-order valence-corrected chi connectivity index (χ4v) is 10.8. The summed E-state index contributed by atoms with van der Waals surface area (Å²) in [6.45, 7) is 29.8. The summed E-state index contributed by atoms with van der Waals surface area (Å²) in [5.74, 6) is 0. The molecule has 0 aliphatic rings. The quantitative estimate of drug-likeness (QED) is 0.104. The lowest BCUT2D eigenvalue weighted by Crippen LogP contribution is -2.40. The number of benzene rings is 4. The highest BCUT2D eigenvalue weighted by atomic mass is 79.9. The zero-order valence-corrected chi connectivity index (χ0v) is 48.5. The van der Waals surface area contributed by atoms with E-state index in [-0.39, 0.29) is 20.2 Å². The summed E-state index contributed by atoms with van der Waals surface area (Å²) in [7, 11) is -8.86. The van der Waals surface area contributed by atoms with Gasteiger partial charge in [-0.05, 0) is 205 Å². The highest BCUT2D eigenvalue weighted by Gasteiger charge is 2.24. The van der Waals surface area contributed by atoms with Crippen LogP contribution in [0.2, 0.25) is 0 Å². The second-order valence-corrected chi connectivity index (χ2v) is 28.9. The summed E-state index contributed by atoms with van der Waals surface area (Å²) in [5.41, 5.74) is 14.2. The second-order valence-electron chi connectivity index (χ2n) is 19.6. The minimum atomic E-state index is -3.59. The van der Waals surface area contributed by atoms with Crippen molar-refractivity contribution in [2.24, 2.45) is 11.5 Å². The number of sulfonamides is 3. The molecular weight excluding hydrogens is 1090 g/mol. The van der Waals surface area contributed by atoms with E-state index in [1.54, 1.807) is 77.1 Å². The molecule has 0 aliphatic heterocycles. The van der Waals surface area contributed by atoms with Gasteiger partial charge in [-0.25, -0.2) is 47.8 Å². The number of nitrogens with one attached hydrogen (secondary N) is 3. The first-order chi connectivity index (χ1) is 29.8. The van der Waals surface area contributed by atoms with Gasteiger partial charge in [-0.2, -0.15) is 5.26 Å². The van der Waals surface area contributed by atoms with Gasteiger partial charge in [0.25, 0.3) is 9.05 Å². The fraction of sp³-hybridized carbons (Fsp3) is 0.457. The number of rotatable bonds is 8. The van der Waals surface area contributed by atoms with Crippen LogP contribution in [0.1, 0.15) is 116 Å². The number of hydrogen-bond donors (Lipinski definition) is 5. The first kappa shape index (κ1) is 64.2. The molecule has 0 spiro atoms. The Kier molecular flexibility index (Phi) is 24.3. The summed E-state index contributed by atoms with van der Waals surface area (Å²) in [6, 6.07) is 21.1. The highest BCUT2D eigenvalue weighted by Crippen LogP contribution is 2.23. The maximum Gasteiger partial charge on any atom is 0.261 e. The number of nitrogens with zero attached hydrogens (tertiary/aromatic N) is 1. The van der Waals surface area contributed by atoms with E-state index in [1.807, 2.05) is 82.2 Å². The van der Waals surface area contributed by atoms with Gasteiger partial charge in [0.1, 0.15) is 0 Å². The van der Waals surface area contributed by atoms with E-state index in [1.165, 1.54) is 30.3 Å². The van der Waals surface area contributed by atoms with Crippen molar-refractivity contribution >= 4 is 81.7 Å². The molecule has 0 amide bonds. The zero-order valence-electron chi connectivity index (χ0n) is 41.3. The number of nitrogens with two attached hydrogens (primary N) is 2. The van der Waals surface area contributed by atoms with Crippen molar-refractivity contribution in [2.45, 2.75) is 159 Å². The Morgan fingerprint density at radius 1 is 0.522 bits per heavy atom. The van der Waals surface area contributed by atoms with Crippen LogP contribution in [0.5, 0.6) is 0 Å². The van der Waals surface area contributed by atoms with Gasteiger partial charge in [0, 0.05) is 48.3 Å². The molecule has 376 valence electrons. The van der Waals surface area contributed by atoms with Crippen LogP contribution in [0.3, 0.4) is 0 Å². The summed E-state index contributed by atoms with van der Waals surface area (Å²) in [4.78, 5) is 0.888. The molecule has 7 N–H and O–H groups in total. The topological polar surface area (TPSA) is 248 Å². The fourth-order valence-electron chi connectivity index (χ4n) is 4.93. The standard InChI is InChI=1S/C12H20N2O2S.C12H16N2O2S.C11H16BrNO2S.C7H6BrClO2S.C4H11N/c2*1-9-7-11(6-5-10(9)8-13)17(15,16)14-12(2,3)4;1-8-7-9(5-6-10(8)12)16(14,15)13-11(2,3)4;1-5-4-6(12(9,10)11)2-3-7(5)8;1-4(2,3)5/h5-7,14H,8,13H2,1-4H3;5-7,14H,1-4H3;5-7,13H,1-4H3;2-4H,1H3;5H2,1-3H3. The lowest BCUT2D eigenvalue weighted by atomic mass is 10.1. The molecule has 14 nitrogen and oxygen atoms in total. The molecule has 0 bridgehead atoms. The predicted octanol–water partition coefficient (Wildman–Crippen LogP) is 9.74. The molecule has 4 aromatic rings. The Labute approximate surface area is 423 Å². The van der Waals surface area contributed by atoms with Gasteiger partial charge in [0.15, 0.2) is 0 Å². The molecule has 21 heteroatoms. The minimum Gasteiger partial charge on any atom is -0.326 e. The van der Waals surface area contributed by atoms with Gasteiger partial charge in [-0.1, -0.05) is 37.9 Å². The molecule has 4 rings (SSSR count). The van der Waals surface area contributed by atoms with Gasteiger partial charge in [-0.3, -0.25) is 0 Å². The molecular formula is C46H69Br2ClN6O8S4. The first-order valence-corrected chi connectivity index (χ1v) is 28.9. The Balaban J connectivity index is 0.000000842. The number of hydrogen-bond acceptors (Lipinski definition) is 11. The highest BCUT2D eigenvalue weighted by molar-refractivity contribution is 9.10. The molecule has 4 aromatic carbocycles. The smallest absolute Gasteiger partial charge is 0.261 e. The molecule has 0 aromatic heterocycles. The van der Waals surface area contributed by atoms with E-state index in [4.69, 9.17) is 27.4 Å². The molecule has 0 saturated carbocycles. The van der Waals surface area contributed by atoms with E-state index in [2.05, 4.69) is 46.0 Å². The van der Waals surface area contributed by atoms with Crippen LogP contribution in [-0.2, 0) is 45.7 Å². The van der Waals surface area contributed by atoms with Crippen LogP contribution >= 0.6 is 42.5 Å². The van der Waals surface area contributed by atoms with Crippen molar-refractivity contribution in [1.82, 2.24) is 14.2 Å². The van der Waals surface area contributed by atoms with Crippen LogP contribution in [-0.4, -0.2) is 55.8 Å². The van der Waals surface area contributed by atoms with E-state index in [9.17, 15) is 33.7 Å². The largest absolute Gasteiger partial charge is 0.326 e. The Hall–Kier alpha value is -2.78. The van der Waals surface area contributed by atoms with Gasteiger partial charge in [0.2, 0.25) is 30.1 Å². The monoisotopic (exact) mass is 1150 g/mol. The van der Waals surface area contributed by atoms with Crippen LogP contribution in [0, 0.1) is 39.0 Å². The van der Waals surface area contributed by atoms with Gasteiger partial charge < -0.3 is 11.5 Å². The SMILES string of the molecule is CC(C)(C)N.Cc1cc(S(=O)(=O)Cl)ccc1Br.Cc1cc(S(=O)(=O)NC(C)(C)C)ccc1Br.Cc1cc(S(=O)(=O)NC(C)(C)C)ccc1C#N.Cc1cc(S(=O)(=O)NC(C)(C)C)ccc1CN. The molecule has 67 heavy (non-hydrogen) atoms. The Bertz CT molecular complexity index is 2800. The van der Waals surface area contributed by atoms with Crippen LogP contribution < -0.4 is 25.6 Å². The van der Waals surface area contributed by atoms with Crippen molar-refractivity contribution in [3.8, 4) is 6.07 Å².